The lowest BCUT2D eigenvalue weighted by atomic mass is 10.1. The number of likely N-dealkylation sites (N-methyl/N-ethyl adjacent to an activating group) is 1. The van der Waals surface area contributed by atoms with Crippen LogP contribution in [0.5, 0.6) is 5.75 Å². The van der Waals surface area contributed by atoms with Crippen molar-refractivity contribution in [3.8, 4) is 5.75 Å². The SMILES string of the molecule is CCCOc1ccc(C(CN2CCOCC2)NCC)cc1. The highest BCUT2D eigenvalue weighted by Crippen LogP contribution is 2.19. The highest BCUT2D eigenvalue weighted by atomic mass is 16.5. The summed E-state index contributed by atoms with van der Waals surface area (Å²) in [5.74, 6) is 0.960. The first-order valence-electron chi connectivity index (χ1n) is 8.09. The van der Waals surface area contributed by atoms with Gasteiger partial charge in [0.25, 0.3) is 0 Å². The molecule has 1 saturated heterocycles. The zero-order valence-electron chi connectivity index (χ0n) is 13.3. The average Bonchev–Trinajstić information content (AvgIpc) is 2.54. The molecular weight excluding hydrogens is 264 g/mol. The first-order chi connectivity index (χ1) is 10.3. The molecular formula is C17H28N2O2. The van der Waals surface area contributed by atoms with Gasteiger partial charge in [0.15, 0.2) is 0 Å². The van der Waals surface area contributed by atoms with Gasteiger partial charge in [-0.1, -0.05) is 26.0 Å². The molecule has 118 valence electrons. The van der Waals surface area contributed by atoms with E-state index in [-0.39, 0.29) is 0 Å². The van der Waals surface area contributed by atoms with Crippen molar-refractivity contribution in [2.75, 3.05) is 46.0 Å². The fraction of sp³-hybridized carbons (Fsp3) is 0.647. The normalized spacial score (nSPS) is 17.6. The highest BCUT2D eigenvalue weighted by Gasteiger charge is 2.17. The number of nitrogens with zero attached hydrogens (tertiary/aromatic N) is 1. The quantitative estimate of drug-likeness (QED) is 0.798. The van der Waals surface area contributed by atoms with Crippen LogP contribution in [0.25, 0.3) is 0 Å². The standard InChI is InChI=1S/C17H28N2O2/c1-3-11-21-16-7-5-15(6-8-16)17(18-4-2)14-19-9-12-20-13-10-19/h5-8,17-18H,3-4,9-14H2,1-2H3. The molecule has 4 nitrogen and oxygen atoms in total. The molecule has 2 rings (SSSR count). The van der Waals surface area contributed by atoms with Crippen LogP contribution in [0.4, 0.5) is 0 Å². The first kappa shape index (κ1) is 16.3. The van der Waals surface area contributed by atoms with Crippen molar-refractivity contribution in [3.63, 3.8) is 0 Å². The third-order valence-corrected chi connectivity index (χ3v) is 3.75. The molecule has 1 aliphatic heterocycles. The number of rotatable bonds is 8. The molecule has 0 aliphatic carbocycles. The van der Waals surface area contributed by atoms with Crippen LogP contribution in [0.3, 0.4) is 0 Å². The molecule has 0 bridgehead atoms. The van der Waals surface area contributed by atoms with Crippen LogP contribution in [0.15, 0.2) is 24.3 Å². The van der Waals surface area contributed by atoms with Gasteiger partial charge in [-0.05, 0) is 30.7 Å². The lowest BCUT2D eigenvalue weighted by Gasteiger charge is -2.31. The van der Waals surface area contributed by atoms with Gasteiger partial charge in [-0.15, -0.1) is 0 Å². The van der Waals surface area contributed by atoms with Gasteiger partial charge < -0.3 is 14.8 Å². The topological polar surface area (TPSA) is 33.7 Å². The Labute approximate surface area is 128 Å². The summed E-state index contributed by atoms with van der Waals surface area (Å²) in [5, 5.41) is 3.59. The van der Waals surface area contributed by atoms with Crippen LogP contribution in [-0.2, 0) is 4.74 Å². The number of nitrogens with one attached hydrogen (secondary N) is 1. The summed E-state index contributed by atoms with van der Waals surface area (Å²) < 4.78 is 11.1. The molecule has 1 N–H and O–H groups in total. The molecule has 1 fully saturated rings. The summed E-state index contributed by atoms with van der Waals surface area (Å²) in [6, 6.07) is 8.88. The molecule has 1 atom stereocenters. The smallest absolute Gasteiger partial charge is 0.119 e. The van der Waals surface area contributed by atoms with Crippen LogP contribution >= 0.6 is 0 Å². The largest absolute Gasteiger partial charge is 0.494 e. The van der Waals surface area contributed by atoms with Gasteiger partial charge in [-0.25, -0.2) is 0 Å². The molecule has 0 spiro atoms. The van der Waals surface area contributed by atoms with Gasteiger partial charge >= 0.3 is 0 Å². The summed E-state index contributed by atoms with van der Waals surface area (Å²) >= 11 is 0. The van der Waals surface area contributed by atoms with E-state index in [1.165, 1.54) is 5.56 Å². The Hall–Kier alpha value is -1.10. The van der Waals surface area contributed by atoms with Crippen molar-refractivity contribution >= 4 is 0 Å². The Kier molecular flexibility index (Phi) is 7.00. The molecule has 1 aliphatic rings. The van der Waals surface area contributed by atoms with E-state index in [4.69, 9.17) is 9.47 Å². The number of hydrogen-bond donors (Lipinski definition) is 1. The number of morpholine rings is 1. The molecule has 1 aromatic carbocycles. The maximum atomic E-state index is 5.65. The van der Waals surface area contributed by atoms with Crippen LogP contribution < -0.4 is 10.1 Å². The molecule has 0 aromatic heterocycles. The first-order valence-corrected chi connectivity index (χ1v) is 8.09. The molecule has 1 unspecified atom stereocenters. The fourth-order valence-electron chi connectivity index (χ4n) is 2.59. The van der Waals surface area contributed by atoms with Crippen molar-refractivity contribution in [1.29, 1.82) is 0 Å². The Bertz CT molecular complexity index is 388. The van der Waals surface area contributed by atoms with Gasteiger partial charge in [0, 0.05) is 25.7 Å². The van der Waals surface area contributed by atoms with E-state index in [0.29, 0.717) is 6.04 Å². The van der Waals surface area contributed by atoms with Crippen molar-refractivity contribution in [2.24, 2.45) is 0 Å². The van der Waals surface area contributed by atoms with Gasteiger partial charge in [0.1, 0.15) is 5.75 Å². The zero-order valence-corrected chi connectivity index (χ0v) is 13.3. The van der Waals surface area contributed by atoms with Crippen molar-refractivity contribution < 1.29 is 9.47 Å². The molecule has 4 heteroatoms. The highest BCUT2D eigenvalue weighted by molar-refractivity contribution is 5.29. The molecule has 0 saturated carbocycles. The van der Waals surface area contributed by atoms with E-state index in [0.717, 1.165) is 58.2 Å². The second kappa shape index (κ2) is 9.03. The predicted octanol–water partition coefficient (Wildman–Crippen LogP) is 2.46. The Morgan fingerprint density at radius 1 is 1.19 bits per heavy atom. The van der Waals surface area contributed by atoms with Crippen LogP contribution in [-0.4, -0.2) is 50.9 Å². The molecule has 1 aromatic rings. The van der Waals surface area contributed by atoms with Gasteiger partial charge in [0.05, 0.1) is 19.8 Å². The van der Waals surface area contributed by atoms with Crippen LogP contribution in [0.1, 0.15) is 31.9 Å². The van der Waals surface area contributed by atoms with Crippen molar-refractivity contribution in [1.82, 2.24) is 10.2 Å². The summed E-state index contributed by atoms with van der Waals surface area (Å²) in [7, 11) is 0. The van der Waals surface area contributed by atoms with Crippen LogP contribution in [0, 0.1) is 0 Å². The third-order valence-electron chi connectivity index (χ3n) is 3.75. The predicted molar refractivity (Wildman–Crippen MR) is 85.9 cm³/mol. The minimum atomic E-state index is 0.369. The summed E-state index contributed by atoms with van der Waals surface area (Å²) in [6.07, 6.45) is 1.04. The third kappa shape index (κ3) is 5.30. The summed E-state index contributed by atoms with van der Waals surface area (Å²) in [4.78, 5) is 2.47. The Morgan fingerprint density at radius 3 is 2.52 bits per heavy atom. The minimum absolute atomic E-state index is 0.369. The monoisotopic (exact) mass is 292 g/mol. The van der Waals surface area contributed by atoms with Crippen molar-refractivity contribution in [2.45, 2.75) is 26.3 Å². The minimum Gasteiger partial charge on any atom is -0.494 e. The van der Waals surface area contributed by atoms with E-state index >= 15 is 0 Å². The lowest BCUT2D eigenvalue weighted by molar-refractivity contribution is 0.0335. The number of hydrogen-bond acceptors (Lipinski definition) is 4. The zero-order chi connectivity index (χ0) is 14.9. The number of benzene rings is 1. The van der Waals surface area contributed by atoms with E-state index in [1.54, 1.807) is 0 Å². The fourth-order valence-corrected chi connectivity index (χ4v) is 2.59. The molecule has 0 amide bonds. The Balaban J connectivity index is 1.95. The molecule has 21 heavy (non-hydrogen) atoms. The Morgan fingerprint density at radius 2 is 1.90 bits per heavy atom. The van der Waals surface area contributed by atoms with Gasteiger partial charge in [-0.2, -0.15) is 0 Å². The summed E-state index contributed by atoms with van der Waals surface area (Å²) in [5.41, 5.74) is 1.33. The second-order valence-electron chi connectivity index (χ2n) is 5.44. The second-order valence-corrected chi connectivity index (χ2v) is 5.44. The lowest BCUT2D eigenvalue weighted by Crippen LogP contribution is -2.41. The van der Waals surface area contributed by atoms with E-state index in [1.807, 2.05) is 0 Å². The van der Waals surface area contributed by atoms with E-state index in [2.05, 4.69) is 48.3 Å². The van der Waals surface area contributed by atoms with Gasteiger partial charge in [-0.3, -0.25) is 4.90 Å². The molecule has 0 radical (unpaired) electrons. The van der Waals surface area contributed by atoms with E-state index in [9.17, 15) is 0 Å². The summed E-state index contributed by atoms with van der Waals surface area (Å²) in [6.45, 7) is 10.8. The molecule has 1 heterocycles. The van der Waals surface area contributed by atoms with Gasteiger partial charge in [0.2, 0.25) is 0 Å². The average molecular weight is 292 g/mol. The maximum absolute atomic E-state index is 5.65. The number of ether oxygens (including phenoxy) is 2. The van der Waals surface area contributed by atoms with E-state index < -0.39 is 0 Å². The van der Waals surface area contributed by atoms with Crippen LogP contribution in [0.2, 0.25) is 0 Å². The maximum Gasteiger partial charge on any atom is 0.119 e. The van der Waals surface area contributed by atoms with Crippen molar-refractivity contribution in [3.05, 3.63) is 29.8 Å².